The van der Waals surface area contributed by atoms with Crippen LogP contribution in [0.25, 0.3) is 0 Å². The number of carbonyl (C=O) groups excluding carboxylic acids is 6. The van der Waals surface area contributed by atoms with Crippen LogP contribution in [-0.2, 0) is 27.5 Å². The molecule has 4 heterocycles. The van der Waals surface area contributed by atoms with Crippen LogP contribution in [-0.4, -0.2) is 133 Å². The van der Waals surface area contributed by atoms with Gasteiger partial charge in [0.2, 0.25) is 5.91 Å². The Morgan fingerprint density at radius 1 is 0.729 bits per heavy atom. The Hall–Kier alpha value is -6.34. The minimum absolute atomic E-state index is 0.0310. The lowest BCUT2D eigenvalue weighted by Gasteiger charge is -2.22. The fraction of sp³-hybridized carbons (Fsp3) is 0.370. The van der Waals surface area contributed by atoms with Crippen molar-refractivity contribution in [3.63, 3.8) is 0 Å². The van der Waals surface area contributed by atoms with Crippen molar-refractivity contribution >= 4 is 88.3 Å². The zero-order chi connectivity index (χ0) is 50.4. The molecule has 4 aromatic rings. The molecule has 70 heavy (non-hydrogen) atoms. The molecule has 0 radical (unpaired) electrons. The summed E-state index contributed by atoms with van der Waals surface area (Å²) < 4.78 is 11.9. The Labute approximate surface area is 421 Å². The Kier molecular flexibility index (Phi) is 18.9. The Balaban J connectivity index is 1.24. The lowest BCUT2D eigenvalue weighted by atomic mass is 10.2. The molecule has 20 nitrogen and oxygen atoms in total. The Bertz CT molecular complexity index is 2680. The van der Waals surface area contributed by atoms with E-state index in [0.717, 1.165) is 0 Å². The molecule has 2 aliphatic rings. The van der Waals surface area contributed by atoms with E-state index in [-0.39, 0.29) is 68.6 Å². The highest BCUT2D eigenvalue weighted by Gasteiger charge is 2.33. The molecule has 0 aliphatic carbocycles. The molecule has 2 atom stereocenters. The summed E-state index contributed by atoms with van der Waals surface area (Å²) in [5.74, 6) is -2.88. The number of thiol groups is 1. The number of thioether (sulfide) groups is 2. The van der Waals surface area contributed by atoms with Gasteiger partial charge in [-0.1, -0.05) is 84.6 Å². The first-order valence-electron chi connectivity index (χ1n) is 21.9. The molecule has 2 unspecified atom stereocenters. The van der Waals surface area contributed by atoms with Gasteiger partial charge in [0.25, 0.3) is 34.7 Å². The number of aromatic nitrogens is 2. The molecule has 24 heteroatoms. The lowest BCUT2D eigenvalue weighted by molar-refractivity contribution is -0.123. The second kappa shape index (κ2) is 25.0. The third-order valence-electron chi connectivity index (χ3n) is 10.1. The molecule has 4 N–H and O–H groups in total. The number of nitrogens with zero attached hydrogens (tertiary/aromatic N) is 4. The van der Waals surface area contributed by atoms with Crippen LogP contribution in [0, 0.1) is 0 Å². The van der Waals surface area contributed by atoms with Crippen LogP contribution in [0.2, 0.25) is 0 Å². The average Bonchev–Trinajstić information content (AvgIpc) is 3.98. The van der Waals surface area contributed by atoms with Crippen molar-refractivity contribution in [3.05, 3.63) is 139 Å². The SMILES string of the molecule is CC(C)(C)OC(=O)NCCOCCNC(=O)C(CNC(=O)c1ccc(C(=O)N2CCSC2=S)c(=O)n1OCc1ccccc1)NC(=O)c1ccc(C(=O)N2CCSC2S)c(=O)n1OCc1ccccc1. The number of carbonyl (C=O) groups is 6. The summed E-state index contributed by atoms with van der Waals surface area (Å²) >= 11 is 12.5. The molecule has 0 saturated carbocycles. The van der Waals surface area contributed by atoms with Crippen LogP contribution in [0.1, 0.15) is 73.6 Å². The zero-order valence-electron chi connectivity index (χ0n) is 38.4. The van der Waals surface area contributed by atoms with Crippen LogP contribution in [0.3, 0.4) is 0 Å². The van der Waals surface area contributed by atoms with Gasteiger partial charge in [-0.15, -0.1) is 33.9 Å². The molecule has 372 valence electrons. The smallest absolute Gasteiger partial charge is 0.407 e. The molecular formula is C46H52N8O12S4. The van der Waals surface area contributed by atoms with E-state index >= 15 is 0 Å². The normalized spacial score (nSPS) is 14.9. The van der Waals surface area contributed by atoms with Crippen LogP contribution in [0.15, 0.2) is 94.5 Å². The Morgan fingerprint density at radius 3 is 1.81 bits per heavy atom. The molecule has 2 aliphatic heterocycles. The van der Waals surface area contributed by atoms with Crippen molar-refractivity contribution in [3.8, 4) is 0 Å². The van der Waals surface area contributed by atoms with E-state index in [9.17, 15) is 38.4 Å². The number of pyridine rings is 2. The maximum atomic E-state index is 14.3. The summed E-state index contributed by atoms with van der Waals surface area (Å²) in [6.07, 6.45) is -0.630. The third kappa shape index (κ3) is 14.4. The first kappa shape index (κ1) is 53.0. The molecule has 0 bridgehead atoms. The highest BCUT2D eigenvalue weighted by atomic mass is 32.2. The van der Waals surface area contributed by atoms with Gasteiger partial charge in [-0.05, 0) is 56.2 Å². The number of amides is 6. The summed E-state index contributed by atoms with van der Waals surface area (Å²) in [6, 6.07) is 20.8. The van der Waals surface area contributed by atoms with Crippen molar-refractivity contribution in [1.82, 2.24) is 40.5 Å². The molecule has 6 amide bonds. The summed E-state index contributed by atoms with van der Waals surface area (Å²) in [5, 5.41) is 10.3. The van der Waals surface area contributed by atoms with Crippen LogP contribution in [0.4, 0.5) is 4.79 Å². The second-order valence-corrected chi connectivity index (χ2v) is 20.1. The predicted molar refractivity (Wildman–Crippen MR) is 269 cm³/mol. The summed E-state index contributed by atoms with van der Waals surface area (Å²) in [4.78, 5) is 124. The van der Waals surface area contributed by atoms with E-state index in [0.29, 0.717) is 43.0 Å². The number of nitrogens with one attached hydrogen (secondary N) is 4. The van der Waals surface area contributed by atoms with Gasteiger partial charge in [0.1, 0.15) is 56.4 Å². The fourth-order valence-corrected chi connectivity index (χ4v) is 9.29. The van der Waals surface area contributed by atoms with Crippen LogP contribution >= 0.6 is 48.4 Å². The highest BCUT2D eigenvalue weighted by Crippen LogP contribution is 2.27. The molecule has 2 saturated heterocycles. The number of ether oxygens (including phenoxy) is 2. The van der Waals surface area contributed by atoms with E-state index in [1.165, 1.54) is 57.6 Å². The van der Waals surface area contributed by atoms with Gasteiger partial charge in [-0.3, -0.25) is 38.5 Å². The van der Waals surface area contributed by atoms with E-state index < -0.39 is 69.6 Å². The third-order valence-corrected chi connectivity index (χ3v) is 13.2. The van der Waals surface area contributed by atoms with E-state index in [1.807, 2.05) is 0 Å². The molecule has 2 aromatic carbocycles. The van der Waals surface area contributed by atoms with E-state index in [2.05, 4.69) is 33.9 Å². The number of benzene rings is 2. The van der Waals surface area contributed by atoms with Crippen molar-refractivity contribution in [2.75, 3.05) is 57.4 Å². The van der Waals surface area contributed by atoms with E-state index in [4.69, 9.17) is 31.4 Å². The first-order chi connectivity index (χ1) is 33.5. The van der Waals surface area contributed by atoms with Gasteiger partial charge >= 0.3 is 6.09 Å². The summed E-state index contributed by atoms with van der Waals surface area (Å²) in [7, 11) is 0. The van der Waals surface area contributed by atoms with Gasteiger partial charge < -0.3 is 45.3 Å². The molecule has 2 fully saturated rings. The Morgan fingerprint density at radius 2 is 1.29 bits per heavy atom. The van der Waals surface area contributed by atoms with Crippen LogP contribution < -0.4 is 42.1 Å². The van der Waals surface area contributed by atoms with Gasteiger partial charge in [0, 0.05) is 44.2 Å². The van der Waals surface area contributed by atoms with Crippen LogP contribution in [0.5, 0.6) is 0 Å². The van der Waals surface area contributed by atoms with Crippen molar-refractivity contribution < 1.29 is 47.9 Å². The predicted octanol–water partition coefficient (Wildman–Crippen LogP) is 2.33. The quantitative estimate of drug-likeness (QED) is 0.0486. The minimum Gasteiger partial charge on any atom is -0.444 e. The fourth-order valence-electron chi connectivity index (χ4n) is 6.66. The summed E-state index contributed by atoms with van der Waals surface area (Å²) in [6.45, 7) is 4.90. The molecule has 2 aromatic heterocycles. The topological polar surface area (TPSA) is 238 Å². The van der Waals surface area contributed by atoms with Gasteiger partial charge in [0.15, 0.2) is 0 Å². The first-order valence-corrected chi connectivity index (χ1v) is 24.9. The van der Waals surface area contributed by atoms with E-state index in [1.54, 1.807) is 81.4 Å². The van der Waals surface area contributed by atoms with Gasteiger partial charge in [-0.2, -0.15) is 0 Å². The van der Waals surface area contributed by atoms with Gasteiger partial charge in [-0.25, -0.2) is 4.79 Å². The highest BCUT2D eigenvalue weighted by molar-refractivity contribution is 8.23. The zero-order valence-corrected chi connectivity index (χ0v) is 41.7. The lowest BCUT2D eigenvalue weighted by Crippen LogP contribution is -2.54. The average molecular weight is 1040 g/mol. The summed E-state index contributed by atoms with van der Waals surface area (Å²) in [5.41, 5.74) is -2.64. The molecule has 6 rings (SSSR count). The number of thiocarbonyl (C=S) groups is 1. The standard InChI is InChI=1S/C46H52N8O12S4/c1-46(2,3)66-43(62)48-19-23-63-22-18-47-36(55)33(50-38(57)35-17-15-32(40(59)52-21-25-70-45(52)68)42(61)54(35)65-28-30-12-8-5-9-13-30)26-49-37(56)34-16-14-31(39(58)51-20-24-69-44(51)67)41(60)53(34)64-27-29-10-6-4-7-11-29/h4-17,33,45,68H,18-28H2,1-3H3,(H,47,55)(H,48,62)(H,49,56)(H,50,57). The monoisotopic (exact) mass is 1040 g/mol. The second-order valence-electron chi connectivity index (χ2n) is 16.3. The molecular weight excluding hydrogens is 985 g/mol. The maximum absolute atomic E-state index is 14.3. The maximum Gasteiger partial charge on any atom is 0.407 e. The van der Waals surface area contributed by atoms with Crippen molar-refractivity contribution in [2.24, 2.45) is 0 Å². The number of hydrogen-bond donors (Lipinski definition) is 5. The van der Waals surface area contributed by atoms with Crippen molar-refractivity contribution in [2.45, 2.75) is 50.3 Å². The number of hydrogen-bond acceptors (Lipinski definition) is 16. The largest absolute Gasteiger partial charge is 0.444 e. The molecule has 0 spiro atoms. The van der Waals surface area contributed by atoms with Crippen molar-refractivity contribution in [1.29, 1.82) is 0 Å². The minimum atomic E-state index is -1.56. The number of rotatable bonds is 20. The number of alkyl carbamates (subject to hydrolysis) is 1. The van der Waals surface area contributed by atoms with Gasteiger partial charge in [0.05, 0.1) is 13.2 Å².